The third-order valence-corrected chi connectivity index (χ3v) is 4.74. The van der Waals surface area contributed by atoms with Gasteiger partial charge in [0, 0.05) is 17.8 Å². The molecule has 1 aromatic carbocycles. The molecule has 0 saturated carbocycles. The lowest BCUT2D eigenvalue weighted by atomic mass is 9.85. The number of aliphatic hydroxyl groups is 1. The monoisotopic (exact) mass is 385 g/mol. The van der Waals surface area contributed by atoms with E-state index >= 15 is 0 Å². The minimum Gasteiger partial charge on any atom is -0.485 e. The van der Waals surface area contributed by atoms with Crippen LogP contribution in [0, 0.1) is 21.4 Å². The van der Waals surface area contributed by atoms with E-state index in [0.717, 1.165) is 0 Å². The summed E-state index contributed by atoms with van der Waals surface area (Å²) < 4.78 is 7.25. The lowest BCUT2D eigenvalue weighted by molar-refractivity contribution is -0.757. The van der Waals surface area contributed by atoms with Crippen LogP contribution in [0.1, 0.15) is 36.6 Å². The van der Waals surface area contributed by atoms with Crippen molar-refractivity contribution in [3.63, 3.8) is 0 Å². The fourth-order valence-corrected chi connectivity index (χ4v) is 3.29. The highest BCUT2D eigenvalue weighted by molar-refractivity contribution is 5.46. The van der Waals surface area contributed by atoms with E-state index in [1.54, 1.807) is 38.1 Å². The van der Waals surface area contributed by atoms with E-state index in [4.69, 9.17) is 4.74 Å². The highest BCUT2D eigenvalue weighted by Gasteiger charge is 2.44. The molecule has 0 spiro atoms. The van der Waals surface area contributed by atoms with Crippen LogP contribution in [0.3, 0.4) is 0 Å². The van der Waals surface area contributed by atoms with Crippen molar-refractivity contribution in [2.45, 2.75) is 38.0 Å². The Balaban J connectivity index is 2.01. The van der Waals surface area contributed by atoms with Crippen LogP contribution in [-0.4, -0.2) is 33.1 Å². The van der Waals surface area contributed by atoms with Gasteiger partial charge in [-0.25, -0.2) is 0 Å². The highest BCUT2D eigenvalue weighted by atomic mass is 16.9. The summed E-state index contributed by atoms with van der Waals surface area (Å²) in [5, 5.41) is 29.4. The summed E-state index contributed by atoms with van der Waals surface area (Å²) in [7, 11) is 0. The number of hydrogen-bond donors (Lipinski definition) is 1. The molecule has 0 aliphatic carbocycles. The number of rotatable bonds is 5. The minimum atomic E-state index is -1.05. The zero-order valence-corrected chi connectivity index (χ0v) is 15.4. The molecule has 1 N–H and O–H groups in total. The molecule has 1 aromatic heterocycles. The molecule has 9 heteroatoms. The zero-order valence-electron chi connectivity index (χ0n) is 15.4. The number of fused-ring (bicyclic) bond motifs is 1. The number of nitriles is 1. The lowest BCUT2D eigenvalue weighted by Crippen LogP contribution is -2.52. The third-order valence-electron chi connectivity index (χ3n) is 4.74. The Kier molecular flexibility index (Phi) is 5.07. The van der Waals surface area contributed by atoms with E-state index in [1.165, 1.54) is 16.8 Å². The molecule has 1 aliphatic heterocycles. The maximum absolute atomic E-state index is 12.7. The number of benzene rings is 1. The summed E-state index contributed by atoms with van der Waals surface area (Å²) in [5.74, 6) is 0.495. The van der Waals surface area contributed by atoms with E-state index in [1.807, 2.05) is 6.07 Å². The van der Waals surface area contributed by atoms with E-state index in [9.17, 15) is 25.3 Å². The number of aliphatic hydroxyl groups excluding tert-OH is 1. The number of pyridine rings is 1. The first kappa shape index (κ1) is 19.4. The first-order chi connectivity index (χ1) is 13.2. The molecule has 2 aromatic rings. The van der Waals surface area contributed by atoms with Crippen LogP contribution in [0.4, 0.5) is 0 Å². The summed E-state index contributed by atoms with van der Waals surface area (Å²) >= 11 is 0. The number of ether oxygens (including phenoxy) is 1. The molecule has 0 unspecified atom stereocenters. The average molecular weight is 385 g/mol. The largest absolute Gasteiger partial charge is 0.485 e. The molecule has 3 rings (SSSR count). The molecule has 0 saturated heterocycles. The van der Waals surface area contributed by atoms with E-state index < -0.39 is 22.8 Å². The number of nitrogens with zero attached hydrogens (tertiary/aromatic N) is 3. The Labute approximate surface area is 160 Å². The van der Waals surface area contributed by atoms with Crippen molar-refractivity contribution < 1.29 is 19.8 Å². The van der Waals surface area contributed by atoms with E-state index in [2.05, 4.69) is 4.84 Å². The summed E-state index contributed by atoms with van der Waals surface area (Å²) in [6.45, 7) is 3.29. The van der Waals surface area contributed by atoms with Gasteiger partial charge in [-0.15, -0.1) is 10.1 Å². The van der Waals surface area contributed by atoms with Crippen LogP contribution in [0.25, 0.3) is 0 Å². The normalized spacial score (nSPS) is 19.8. The Hall–Kier alpha value is -3.38. The van der Waals surface area contributed by atoms with Crippen molar-refractivity contribution in [2.24, 2.45) is 0 Å². The number of aromatic nitrogens is 1. The zero-order chi connectivity index (χ0) is 20.5. The van der Waals surface area contributed by atoms with Crippen LogP contribution in [-0.2, 0) is 11.3 Å². The van der Waals surface area contributed by atoms with Crippen LogP contribution < -0.4 is 10.3 Å². The third kappa shape index (κ3) is 3.68. The summed E-state index contributed by atoms with van der Waals surface area (Å²) in [5.41, 5.74) is 0.172. The van der Waals surface area contributed by atoms with Gasteiger partial charge in [0.1, 0.15) is 24.1 Å². The Bertz CT molecular complexity index is 1010. The maximum Gasteiger partial charge on any atom is 0.294 e. The molecular weight excluding hydrogens is 366 g/mol. The highest BCUT2D eigenvalue weighted by Crippen LogP contribution is 2.41. The fourth-order valence-electron chi connectivity index (χ4n) is 3.29. The molecular formula is C19H19N3O6. The van der Waals surface area contributed by atoms with Gasteiger partial charge in [-0.05, 0) is 50.1 Å². The van der Waals surface area contributed by atoms with Gasteiger partial charge in [0.15, 0.2) is 0 Å². The van der Waals surface area contributed by atoms with Gasteiger partial charge in [0.25, 0.3) is 10.6 Å². The minimum absolute atomic E-state index is 0.155. The molecule has 0 radical (unpaired) electrons. The van der Waals surface area contributed by atoms with Crippen molar-refractivity contribution in [1.29, 1.82) is 5.26 Å². The Morgan fingerprint density at radius 2 is 2.14 bits per heavy atom. The second-order valence-corrected chi connectivity index (χ2v) is 7.05. The summed E-state index contributed by atoms with van der Waals surface area (Å²) in [6, 6.07) is 9.17. The first-order valence-electron chi connectivity index (χ1n) is 8.62. The molecule has 0 bridgehead atoms. The van der Waals surface area contributed by atoms with Crippen molar-refractivity contribution in [1.82, 2.24) is 4.57 Å². The molecule has 0 amide bonds. The van der Waals surface area contributed by atoms with Crippen molar-refractivity contribution in [3.8, 4) is 11.8 Å². The molecule has 146 valence electrons. The fraction of sp³-hybridized carbons (Fsp3) is 0.368. The van der Waals surface area contributed by atoms with Gasteiger partial charge in [0.05, 0.1) is 17.7 Å². The molecule has 1 aliphatic rings. The lowest BCUT2D eigenvalue weighted by Gasteiger charge is -2.42. The van der Waals surface area contributed by atoms with Gasteiger partial charge >= 0.3 is 0 Å². The second-order valence-electron chi connectivity index (χ2n) is 7.05. The quantitative estimate of drug-likeness (QED) is 0.611. The summed E-state index contributed by atoms with van der Waals surface area (Å²) in [6.07, 6.45) is 0.686. The van der Waals surface area contributed by atoms with Crippen LogP contribution in [0.5, 0.6) is 5.75 Å². The van der Waals surface area contributed by atoms with Gasteiger partial charge in [-0.1, -0.05) is 0 Å². The maximum atomic E-state index is 12.7. The molecule has 2 heterocycles. The van der Waals surface area contributed by atoms with Crippen LogP contribution >= 0.6 is 0 Å². The standard InChI is InChI=1S/C19H19N3O6/c1-19(2)18(24)17(14-9-13(11-20)3-4-15(14)28-19)21-7-5-12(10-16(21)23)6-8-27-22(25)26/h3-5,7,9-10,17-18,24H,6,8H2,1-2H3/t17-,18+/m1/s1. The Morgan fingerprint density at radius 1 is 1.39 bits per heavy atom. The molecule has 0 fully saturated rings. The Morgan fingerprint density at radius 3 is 2.79 bits per heavy atom. The molecule has 9 nitrogen and oxygen atoms in total. The predicted octanol–water partition coefficient (Wildman–Crippen LogP) is 1.59. The van der Waals surface area contributed by atoms with Gasteiger partial charge in [-0.3, -0.25) is 4.79 Å². The topological polar surface area (TPSA) is 128 Å². The van der Waals surface area contributed by atoms with Crippen LogP contribution in [0.15, 0.2) is 41.3 Å². The first-order valence-corrected chi connectivity index (χ1v) is 8.62. The van der Waals surface area contributed by atoms with Crippen molar-refractivity contribution in [2.75, 3.05) is 6.61 Å². The van der Waals surface area contributed by atoms with Gasteiger partial charge in [0.2, 0.25) is 0 Å². The van der Waals surface area contributed by atoms with Crippen LogP contribution in [0.2, 0.25) is 0 Å². The van der Waals surface area contributed by atoms with Gasteiger partial charge in [-0.2, -0.15) is 5.26 Å². The van der Waals surface area contributed by atoms with E-state index in [0.29, 0.717) is 22.4 Å². The SMILES string of the molecule is CC1(C)Oc2ccc(C#N)cc2[C@@H](n2ccc(CCO[N+](=O)[O-])cc2=O)[C@@H]1O. The van der Waals surface area contributed by atoms with Crippen molar-refractivity contribution >= 4 is 0 Å². The molecule has 28 heavy (non-hydrogen) atoms. The average Bonchev–Trinajstić information content (AvgIpc) is 2.63. The smallest absolute Gasteiger partial charge is 0.294 e. The summed E-state index contributed by atoms with van der Waals surface area (Å²) in [4.78, 5) is 27.2. The van der Waals surface area contributed by atoms with Gasteiger partial charge < -0.3 is 19.2 Å². The molecule has 2 atom stereocenters. The predicted molar refractivity (Wildman–Crippen MR) is 97.4 cm³/mol. The van der Waals surface area contributed by atoms with E-state index in [-0.39, 0.29) is 18.6 Å². The second kappa shape index (κ2) is 7.32. The number of hydrogen-bond acceptors (Lipinski definition) is 7. The van der Waals surface area contributed by atoms with Crippen molar-refractivity contribution in [3.05, 3.63) is 73.7 Å².